The summed E-state index contributed by atoms with van der Waals surface area (Å²) < 4.78 is 27.7. The van der Waals surface area contributed by atoms with Gasteiger partial charge in [-0.3, -0.25) is 4.90 Å². The number of benzene rings is 1. The van der Waals surface area contributed by atoms with Crippen molar-refractivity contribution < 1.29 is 23.8 Å². The van der Waals surface area contributed by atoms with Crippen LogP contribution in [0.4, 0.5) is 13.6 Å². The van der Waals surface area contributed by atoms with Crippen molar-refractivity contribution in [3.05, 3.63) is 51.5 Å². The predicted molar refractivity (Wildman–Crippen MR) is 134 cm³/mol. The Morgan fingerprint density at radius 1 is 1.17 bits per heavy atom. The fourth-order valence-electron chi connectivity index (χ4n) is 4.45. The number of rotatable bonds is 9. The molecular weight excluding hydrogens is 472 g/mol. The molecule has 1 amide bonds. The highest BCUT2D eigenvalue weighted by Gasteiger charge is 2.47. The molecule has 1 fully saturated rings. The van der Waals surface area contributed by atoms with E-state index in [9.17, 15) is 23.8 Å². The number of nitrogens with zero attached hydrogens (tertiary/aromatic N) is 2. The van der Waals surface area contributed by atoms with Gasteiger partial charge in [0.15, 0.2) is 0 Å². The molecule has 1 aliphatic carbocycles. The van der Waals surface area contributed by atoms with Gasteiger partial charge in [0.25, 0.3) is 0 Å². The second-order valence-corrected chi connectivity index (χ2v) is 12.7. The van der Waals surface area contributed by atoms with Crippen molar-refractivity contribution >= 4 is 17.4 Å². The Hall–Kier alpha value is -2.10. The first kappa shape index (κ1) is 27.5. The van der Waals surface area contributed by atoms with Crippen LogP contribution in [0.25, 0.3) is 0 Å². The Kier molecular flexibility index (Phi) is 7.94. The van der Waals surface area contributed by atoms with E-state index in [0.29, 0.717) is 0 Å². The van der Waals surface area contributed by atoms with Gasteiger partial charge in [0, 0.05) is 30.0 Å². The van der Waals surface area contributed by atoms with Crippen LogP contribution in [0.1, 0.15) is 70.6 Å². The van der Waals surface area contributed by atoms with Crippen LogP contribution in [0.2, 0.25) is 0 Å². The number of aromatic nitrogens is 1. The van der Waals surface area contributed by atoms with E-state index in [-0.39, 0.29) is 29.5 Å². The topological polar surface area (TPSA) is 85.7 Å². The lowest BCUT2D eigenvalue weighted by molar-refractivity contribution is 0.00639. The van der Waals surface area contributed by atoms with Crippen LogP contribution in [0, 0.1) is 17.0 Å². The van der Waals surface area contributed by atoms with Gasteiger partial charge in [-0.2, -0.15) is 0 Å². The van der Waals surface area contributed by atoms with Crippen molar-refractivity contribution in [1.82, 2.24) is 15.2 Å². The van der Waals surface area contributed by atoms with Gasteiger partial charge in [0.1, 0.15) is 11.6 Å². The van der Waals surface area contributed by atoms with Crippen molar-refractivity contribution in [1.29, 1.82) is 0 Å². The second-order valence-electron chi connectivity index (χ2n) is 11.8. The first-order valence-electron chi connectivity index (χ1n) is 11.9. The molecule has 35 heavy (non-hydrogen) atoms. The van der Waals surface area contributed by atoms with E-state index >= 15 is 0 Å². The van der Waals surface area contributed by atoms with Crippen molar-refractivity contribution in [3.8, 4) is 0 Å². The molecule has 6 nitrogen and oxygen atoms in total. The number of thiazole rings is 1. The summed E-state index contributed by atoms with van der Waals surface area (Å²) >= 11 is 1.63. The Morgan fingerprint density at radius 2 is 1.77 bits per heavy atom. The third-order valence-electron chi connectivity index (χ3n) is 6.19. The quantitative estimate of drug-likeness (QED) is 0.425. The van der Waals surface area contributed by atoms with Gasteiger partial charge < -0.3 is 15.5 Å². The molecule has 1 aromatic heterocycles. The molecule has 1 aromatic carbocycles. The highest BCUT2D eigenvalue weighted by Crippen LogP contribution is 2.46. The standard InChI is InChI=1S/C26H37F2N3O3S/c1-24(2,3)13-22-30-21(15-35-22)26(7-8-26)29-14-20(32)19(31(23(33)34)25(4,5)6)11-16-9-17(27)12-18(28)10-16/h9-10,12,15,19-20,29,32H,7-8,11,13-14H2,1-6H3,(H,33,34). The van der Waals surface area contributed by atoms with Crippen LogP contribution in [-0.2, 0) is 18.4 Å². The molecule has 0 radical (unpaired) electrons. The van der Waals surface area contributed by atoms with Crippen molar-refractivity contribution in [2.45, 2.75) is 90.4 Å². The molecule has 0 spiro atoms. The lowest BCUT2D eigenvalue weighted by Gasteiger charge is -2.42. The smallest absolute Gasteiger partial charge is 0.408 e. The minimum absolute atomic E-state index is 0.0273. The highest BCUT2D eigenvalue weighted by atomic mass is 32.1. The van der Waals surface area contributed by atoms with Gasteiger partial charge >= 0.3 is 6.09 Å². The van der Waals surface area contributed by atoms with Crippen LogP contribution in [0.15, 0.2) is 23.6 Å². The van der Waals surface area contributed by atoms with E-state index in [1.54, 1.807) is 32.1 Å². The number of hydrogen-bond donors (Lipinski definition) is 3. The number of halogens is 2. The molecule has 0 aliphatic heterocycles. The maximum atomic E-state index is 13.8. The van der Waals surface area contributed by atoms with Crippen molar-refractivity contribution in [2.24, 2.45) is 5.41 Å². The molecule has 0 saturated heterocycles. The van der Waals surface area contributed by atoms with Crippen LogP contribution >= 0.6 is 11.3 Å². The van der Waals surface area contributed by atoms with Gasteiger partial charge in [-0.05, 0) is 63.1 Å². The van der Waals surface area contributed by atoms with Gasteiger partial charge in [0.2, 0.25) is 0 Å². The minimum Gasteiger partial charge on any atom is -0.465 e. The van der Waals surface area contributed by atoms with E-state index < -0.39 is 35.4 Å². The molecule has 3 rings (SSSR count). The maximum Gasteiger partial charge on any atom is 0.408 e. The van der Waals surface area contributed by atoms with E-state index in [2.05, 4.69) is 31.5 Å². The van der Waals surface area contributed by atoms with Crippen LogP contribution < -0.4 is 5.32 Å². The fourth-order valence-corrected chi connectivity index (χ4v) is 5.64. The molecule has 2 unspecified atom stereocenters. The van der Waals surface area contributed by atoms with Crippen molar-refractivity contribution in [3.63, 3.8) is 0 Å². The van der Waals surface area contributed by atoms with E-state index in [1.165, 1.54) is 17.0 Å². The van der Waals surface area contributed by atoms with Gasteiger partial charge in [0.05, 0.1) is 28.4 Å². The Morgan fingerprint density at radius 3 is 2.26 bits per heavy atom. The number of hydrogen-bond acceptors (Lipinski definition) is 5. The fraction of sp³-hybridized carbons (Fsp3) is 0.615. The molecule has 1 saturated carbocycles. The molecule has 1 heterocycles. The molecule has 2 atom stereocenters. The third-order valence-corrected chi connectivity index (χ3v) is 7.04. The molecule has 9 heteroatoms. The van der Waals surface area contributed by atoms with Gasteiger partial charge in [-0.15, -0.1) is 11.3 Å². The van der Waals surface area contributed by atoms with Gasteiger partial charge in [-0.25, -0.2) is 18.6 Å². The number of carbonyl (C=O) groups is 1. The Labute approximate surface area is 210 Å². The summed E-state index contributed by atoms with van der Waals surface area (Å²) in [4.78, 5) is 18.2. The Balaban J connectivity index is 1.80. The zero-order chi connectivity index (χ0) is 26.2. The zero-order valence-corrected chi connectivity index (χ0v) is 22.2. The van der Waals surface area contributed by atoms with Crippen LogP contribution in [0.5, 0.6) is 0 Å². The zero-order valence-electron chi connectivity index (χ0n) is 21.4. The first-order valence-corrected chi connectivity index (χ1v) is 12.8. The largest absolute Gasteiger partial charge is 0.465 e. The number of aliphatic hydroxyl groups is 1. The SMILES string of the molecule is CC(C)(C)Cc1nc(C2(NCC(O)C(Cc3cc(F)cc(F)c3)N(C(=O)O)C(C)(C)C)CC2)cs1. The molecular formula is C26H37F2N3O3S. The molecule has 2 aromatic rings. The normalized spacial score (nSPS) is 17.2. The van der Waals surface area contributed by atoms with Gasteiger partial charge in [-0.1, -0.05) is 20.8 Å². The van der Waals surface area contributed by atoms with E-state index in [4.69, 9.17) is 4.98 Å². The summed E-state index contributed by atoms with van der Waals surface area (Å²) in [6.07, 6.45) is 0.287. The average Bonchev–Trinajstić information content (AvgIpc) is 3.33. The first-order chi connectivity index (χ1) is 16.1. The van der Waals surface area contributed by atoms with Crippen LogP contribution in [-0.4, -0.2) is 50.4 Å². The van der Waals surface area contributed by atoms with E-state index in [0.717, 1.165) is 36.0 Å². The summed E-state index contributed by atoms with van der Waals surface area (Å²) in [5.41, 5.74) is 0.195. The summed E-state index contributed by atoms with van der Waals surface area (Å²) in [5.74, 6) is -1.48. The molecule has 3 N–H and O–H groups in total. The summed E-state index contributed by atoms with van der Waals surface area (Å²) in [7, 11) is 0. The van der Waals surface area contributed by atoms with E-state index in [1.807, 2.05) is 0 Å². The van der Waals surface area contributed by atoms with Crippen LogP contribution in [0.3, 0.4) is 0 Å². The number of aliphatic hydroxyl groups excluding tert-OH is 1. The maximum absolute atomic E-state index is 13.8. The lowest BCUT2D eigenvalue weighted by atomic mass is 9.93. The van der Waals surface area contributed by atoms with Crippen molar-refractivity contribution in [2.75, 3.05) is 6.54 Å². The molecule has 1 aliphatic rings. The predicted octanol–water partition coefficient (Wildman–Crippen LogP) is 5.34. The third kappa shape index (κ3) is 7.21. The molecule has 194 valence electrons. The number of nitrogens with one attached hydrogen (secondary N) is 1. The summed E-state index contributed by atoms with van der Waals surface area (Å²) in [6, 6.07) is 2.21. The number of carboxylic acid groups (broad SMARTS) is 1. The average molecular weight is 510 g/mol. The molecule has 0 bridgehead atoms. The second kappa shape index (κ2) is 10.1. The summed E-state index contributed by atoms with van der Waals surface area (Å²) in [6.45, 7) is 11.8. The minimum atomic E-state index is -1.20. The lowest BCUT2D eigenvalue weighted by Crippen LogP contribution is -2.58. The monoisotopic (exact) mass is 509 g/mol. The highest BCUT2D eigenvalue weighted by molar-refractivity contribution is 7.09. The summed E-state index contributed by atoms with van der Waals surface area (Å²) in [5, 5.41) is 27.7. The Bertz CT molecular complexity index is 1020. The number of amides is 1.